The number of nitrogens with zero attached hydrogens (tertiary/aromatic N) is 3. The summed E-state index contributed by atoms with van der Waals surface area (Å²) in [7, 11) is 0. The van der Waals surface area contributed by atoms with Crippen LogP contribution in [0.25, 0.3) is 11.3 Å². The summed E-state index contributed by atoms with van der Waals surface area (Å²) in [6, 6.07) is 5.77. The molecule has 0 spiro atoms. The minimum Gasteiger partial charge on any atom is -0.394 e. The molecular weight excluding hydrogens is 454 g/mol. The van der Waals surface area contributed by atoms with Crippen LogP contribution in [-0.4, -0.2) is 60.7 Å². The number of rotatable bonds is 5. The van der Waals surface area contributed by atoms with Crippen LogP contribution in [0.1, 0.15) is 6.04 Å². The van der Waals surface area contributed by atoms with Gasteiger partial charge in [-0.3, -0.25) is 0 Å². The molecule has 0 aliphatic carbocycles. The van der Waals surface area contributed by atoms with Crippen molar-refractivity contribution in [2.24, 2.45) is 0 Å². The molecule has 12 heteroatoms. The lowest BCUT2D eigenvalue weighted by molar-refractivity contribution is -0.178. The number of halogens is 4. The molecular formula is C20H17F4N3O4S. The Bertz CT molecular complexity index is 1080. The van der Waals surface area contributed by atoms with Crippen molar-refractivity contribution in [2.75, 3.05) is 6.61 Å². The molecule has 2 aromatic carbocycles. The number of aliphatic hydroxyl groups is 3. The highest BCUT2D eigenvalue weighted by molar-refractivity contribution is 7.99. The van der Waals surface area contributed by atoms with Crippen LogP contribution in [0.2, 0.25) is 0 Å². The van der Waals surface area contributed by atoms with Crippen molar-refractivity contribution in [3.05, 3.63) is 65.9 Å². The maximum Gasteiger partial charge on any atom is 0.194 e. The van der Waals surface area contributed by atoms with Crippen molar-refractivity contribution >= 4 is 11.8 Å². The average Bonchev–Trinajstić information content (AvgIpc) is 3.25. The quantitative estimate of drug-likeness (QED) is 0.388. The second kappa shape index (κ2) is 9.16. The minimum atomic E-state index is -1.62. The zero-order valence-electron chi connectivity index (χ0n) is 16.1. The second-order valence-electron chi connectivity index (χ2n) is 7.11. The molecule has 0 saturated carbocycles. The number of hydrogen-bond donors (Lipinski definition) is 3. The minimum absolute atomic E-state index is 0.0306. The summed E-state index contributed by atoms with van der Waals surface area (Å²) in [6.45, 7) is -0.569. The van der Waals surface area contributed by atoms with Gasteiger partial charge in [-0.25, -0.2) is 22.2 Å². The lowest BCUT2D eigenvalue weighted by atomic mass is 9.97. The summed E-state index contributed by atoms with van der Waals surface area (Å²) >= 11 is 1.05. The molecule has 1 saturated heterocycles. The molecule has 3 N–H and O–H groups in total. The van der Waals surface area contributed by atoms with E-state index in [-0.39, 0.29) is 11.3 Å². The Hall–Kier alpha value is -2.51. The van der Waals surface area contributed by atoms with E-state index in [0.717, 1.165) is 28.6 Å². The number of ether oxygens (including phenoxy) is 1. The zero-order chi connectivity index (χ0) is 23.0. The van der Waals surface area contributed by atoms with Gasteiger partial charge in [-0.1, -0.05) is 17.0 Å². The molecule has 3 aromatic rings. The summed E-state index contributed by atoms with van der Waals surface area (Å²) in [4.78, 5) is 0.568. The van der Waals surface area contributed by atoms with E-state index in [9.17, 15) is 32.9 Å². The second-order valence-corrected chi connectivity index (χ2v) is 8.28. The van der Waals surface area contributed by atoms with Crippen LogP contribution in [0.3, 0.4) is 0 Å². The lowest BCUT2D eigenvalue weighted by Crippen LogP contribution is -2.55. The SMILES string of the molecule is OC[C@H]1OC(Sc2ccc(F)cc2)[C@H](O)[C@@H](n2cc(-c3cc(F)c(F)c(F)c3)nn2)[C@H]1O. The van der Waals surface area contributed by atoms with Gasteiger partial charge in [-0.05, 0) is 36.4 Å². The average molecular weight is 471 g/mol. The zero-order valence-corrected chi connectivity index (χ0v) is 17.0. The van der Waals surface area contributed by atoms with E-state index in [1.54, 1.807) is 0 Å². The van der Waals surface area contributed by atoms with E-state index in [4.69, 9.17) is 4.74 Å². The maximum absolute atomic E-state index is 13.6. The van der Waals surface area contributed by atoms with Crippen LogP contribution in [0.15, 0.2) is 47.5 Å². The van der Waals surface area contributed by atoms with E-state index in [2.05, 4.69) is 10.3 Å². The van der Waals surface area contributed by atoms with Crippen molar-refractivity contribution in [3.63, 3.8) is 0 Å². The number of thioether (sulfide) groups is 1. The normalized spacial score (nSPS) is 25.8. The molecule has 1 aliphatic rings. The van der Waals surface area contributed by atoms with Crippen molar-refractivity contribution < 1.29 is 37.6 Å². The number of hydrogen-bond acceptors (Lipinski definition) is 7. The van der Waals surface area contributed by atoms with Crippen molar-refractivity contribution in [2.45, 2.75) is 34.7 Å². The van der Waals surface area contributed by atoms with Crippen LogP contribution in [0, 0.1) is 23.3 Å². The van der Waals surface area contributed by atoms with E-state index < -0.39 is 59.7 Å². The lowest BCUT2D eigenvalue weighted by Gasteiger charge is -2.41. The van der Waals surface area contributed by atoms with Gasteiger partial charge >= 0.3 is 0 Å². The molecule has 2 heterocycles. The Balaban J connectivity index is 1.63. The Kier molecular flexibility index (Phi) is 6.49. The summed E-state index contributed by atoms with van der Waals surface area (Å²) < 4.78 is 60.2. The fraction of sp³-hybridized carbons (Fsp3) is 0.300. The summed E-state index contributed by atoms with van der Waals surface area (Å²) in [6.07, 6.45) is -2.63. The van der Waals surface area contributed by atoms with Crippen LogP contribution in [0.5, 0.6) is 0 Å². The van der Waals surface area contributed by atoms with Crippen molar-refractivity contribution in [3.8, 4) is 11.3 Å². The first-order valence-corrected chi connectivity index (χ1v) is 10.3. The van der Waals surface area contributed by atoms with Crippen molar-refractivity contribution in [1.29, 1.82) is 0 Å². The fourth-order valence-corrected chi connectivity index (χ4v) is 4.44. The monoisotopic (exact) mass is 471 g/mol. The molecule has 0 amide bonds. The van der Waals surface area contributed by atoms with Gasteiger partial charge < -0.3 is 20.1 Å². The van der Waals surface area contributed by atoms with Gasteiger partial charge in [0.2, 0.25) is 0 Å². The molecule has 0 radical (unpaired) electrons. The molecule has 1 aliphatic heterocycles. The van der Waals surface area contributed by atoms with E-state index >= 15 is 0 Å². The first-order chi connectivity index (χ1) is 15.3. The molecule has 5 atom stereocenters. The summed E-state index contributed by atoms with van der Waals surface area (Å²) in [5, 5.41) is 38.7. The summed E-state index contributed by atoms with van der Waals surface area (Å²) in [5.74, 6) is -4.87. The Labute approximate surface area is 183 Å². The summed E-state index contributed by atoms with van der Waals surface area (Å²) in [5.41, 5.74) is -1.10. The third-order valence-corrected chi connectivity index (χ3v) is 6.18. The predicted molar refractivity (Wildman–Crippen MR) is 104 cm³/mol. The van der Waals surface area contributed by atoms with Gasteiger partial charge in [0.1, 0.15) is 41.3 Å². The number of benzene rings is 2. The highest BCUT2D eigenvalue weighted by Crippen LogP contribution is 2.38. The third kappa shape index (κ3) is 4.36. The molecule has 7 nitrogen and oxygen atoms in total. The highest BCUT2D eigenvalue weighted by atomic mass is 32.2. The van der Waals surface area contributed by atoms with Gasteiger partial charge in [-0.15, -0.1) is 5.10 Å². The smallest absolute Gasteiger partial charge is 0.194 e. The Morgan fingerprint density at radius 3 is 2.28 bits per heavy atom. The Morgan fingerprint density at radius 1 is 1.00 bits per heavy atom. The van der Waals surface area contributed by atoms with E-state index in [1.807, 2.05) is 0 Å². The van der Waals surface area contributed by atoms with Crippen LogP contribution in [-0.2, 0) is 4.74 Å². The van der Waals surface area contributed by atoms with Crippen molar-refractivity contribution in [1.82, 2.24) is 15.0 Å². The molecule has 4 rings (SSSR count). The van der Waals surface area contributed by atoms with Gasteiger partial charge in [0.05, 0.1) is 12.8 Å². The van der Waals surface area contributed by atoms with Crippen LogP contribution < -0.4 is 0 Å². The molecule has 1 fully saturated rings. The predicted octanol–water partition coefficient (Wildman–Crippen LogP) is 2.27. The highest BCUT2D eigenvalue weighted by Gasteiger charge is 2.46. The first-order valence-electron chi connectivity index (χ1n) is 9.40. The third-order valence-electron chi connectivity index (χ3n) is 5.01. The van der Waals surface area contributed by atoms with E-state index in [1.165, 1.54) is 30.5 Å². The van der Waals surface area contributed by atoms with Gasteiger partial charge in [0.25, 0.3) is 0 Å². The maximum atomic E-state index is 13.6. The number of aliphatic hydroxyl groups excluding tert-OH is 3. The largest absolute Gasteiger partial charge is 0.394 e. The molecule has 1 unspecified atom stereocenters. The van der Waals surface area contributed by atoms with Gasteiger partial charge in [0.15, 0.2) is 17.5 Å². The molecule has 0 bridgehead atoms. The molecule has 32 heavy (non-hydrogen) atoms. The molecule has 1 aromatic heterocycles. The van der Waals surface area contributed by atoms with Gasteiger partial charge in [0, 0.05) is 10.5 Å². The fourth-order valence-electron chi connectivity index (χ4n) is 3.38. The van der Waals surface area contributed by atoms with Crippen LogP contribution >= 0.6 is 11.8 Å². The Morgan fingerprint density at radius 2 is 1.66 bits per heavy atom. The van der Waals surface area contributed by atoms with Crippen LogP contribution in [0.4, 0.5) is 17.6 Å². The standard InChI is InChI=1S/C20H17F4N3O4S/c21-10-1-3-11(4-2-10)32-20-19(30)17(18(29)15(8-28)31-20)27-7-14(25-26-27)9-5-12(22)16(24)13(23)6-9/h1-7,15,17-20,28-30H,8H2/t15-,17+,18+,19-,20?/m1/s1. The topological polar surface area (TPSA) is 101 Å². The molecule has 170 valence electrons. The number of aromatic nitrogens is 3. The van der Waals surface area contributed by atoms with E-state index in [0.29, 0.717) is 4.90 Å². The van der Waals surface area contributed by atoms with Gasteiger partial charge in [-0.2, -0.15) is 0 Å². The first kappa shape index (κ1) is 22.7.